The predicted molar refractivity (Wildman–Crippen MR) is 137 cm³/mol. The average molecular weight is 513 g/mol. The van der Waals surface area contributed by atoms with Crippen molar-refractivity contribution in [3.63, 3.8) is 0 Å². The van der Waals surface area contributed by atoms with Crippen LogP contribution < -0.4 is 9.47 Å². The molecule has 1 atom stereocenters. The van der Waals surface area contributed by atoms with Crippen LogP contribution in [0.25, 0.3) is 0 Å². The van der Waals surface area contributed by atoms with E-state index < -0.39 is 23.5 Å². The van der Waals surface area contributed by atoms with Crippen LogP contribution in [0.1, 0.15) is 49.4 Å². The third-order valence-electron chi connectivity index (χ3n) is 6.59. The number of aliphatic hydroxyl groups is 1. The van der Waals surface area contributed by atoms with E-state index in [1.807, 2.05) is 13.0 Å². The fourth-order valence-electron chi connectivity index (χ4n) is 4.56. The van der Waals surface area contributed by atoms with Gasteiger partial charge in [0.25, 0.3) is 5.91 Å². The van der Waals surface area contributed by atoms with E-state index >= 15 is 0 Å². The van der Waals surface area contributed by atoms with Crippen LogP contribution in [0, 0.1) is 5.92 Å². The smallest absolute Gasteiger partial charge is 0.290 e. The van der Waals surface area contributed by atoms with Gasteiger partial charge in [-0.3, -0.25) is 14.5 Å². The molecule has 0 saturated carbocycles. The molecule has 0 radical (unpaired) electrons. The van der Waals surface area contributed by atoms with Crippen molar-refractivity contribution in [1.82, 2.24) is 9.80 Å². The van der Waals surface area contributed by atoms with Crippen molar-refractivity contribution in [2.45, 2.75) is 33.2 Å². The van der Waals surface area contributed by atoms with Crippen LogP contribution in [0.3, 0.4) is 0 Å². The summed E-state index contributed by atoms with van der Waals surface area (Å²) in [6, 6.07) is 7.75. The van der Waals surface area contributed by atoms with Crippen LogP contribution in [-0.2, 0) is 9.53 Å². The van der Waals surface area contributed by atoms with Gasteiger partial charge in [0.1, 0.15) is 0 Å². The largest absolute Gasteiger partial charge is 0.503 e. The summed E-state index contributed by atoms with van der Waals surface area (Å²) in [5, 5.41) is 10.9. The highest BCUT2D eigenvalue weighted by atomic mass is 16.5. The summed E-state index contributed by atoms with van der Waals surface area (Å²) in [7, 11) is 0. The second-order valence-corrected chi connectivity index (χ2v) is 9.59. The number of amides is 1. The molecular formula is C28H36N2O7. The Bertz CT molecular complexity index is 1100. The summed E-state index contributed by atoms with van der Waals surface area (Å²) in [6.07, 6.45) is 2.29. The number of hydrogen-bond donors (Lipinski definition) is 1. The summed E-state index contributed by atoms with van der Waals surface area (Å²) >= 11 is 0. The van der Waals surface area contributed by atoms with Gasteiger partial charge in [-0.1, -0.05) is 19.9 Å². The maximum absolute atomic E-state index is 13.4. The zero-order valence-electron chi connectivity index (χ0n) is 21.8. The van der Waals surface area contributed by atoms with E-state index in [-0.39, 0.29) is 11.3 Å². The monoisotopic (exact) mass is 512 g/mol. The Morgan fingerprint density at radius 2 is 1.92 bits per heavy atom. The van der Waals surface area contributed by atoms with E-state index in [0.717, 1.165) is 19.5 Å². The van der Waals surface area contributed by atoms with Crippen molar-refractivity contribution in [2.75, 3.05) is 52.6 Å². The van der Waals surface area contributed by atoms with Gasteiger partial charge in [0.15, 0.2) is 23.0 Å². The number of carbonyl (C=O) groups is 2. The van der Waals surface area contributed by atoms with Gasteiger partial charge in [-0.25, -0.2) is 0 Å². The molecule has 1 saturated heterocycles. The number of Topliss-reactive ketones (excluding diaryl/α,β-unsaturated/α-hetero) is 1. The maximum Gasteiger partial charge on any atom is 0.290 e. The number of ketones is 1. The van der Waals surface area contributed by atoms with Crippen LogP contribution in [0.2, 0.25) is 0 Å². The molecule has 2 aliphatic rings. The zero-order chi connectivity index (χ0) is 26.4. The van der Waals surface area contributed by atoms with Crippen molar-refractivity contribution < 1.29 is 33.3 Å². The van der Waals surface area contributed by atoms with Crippen molar-refractivity contribution >= 4 is 11.7 Å². The van der Waals surface area contributed by atoms with E-state index in [9.17, 15) is 14.7 Å². The van der Waals surface area contributed by atoms with Gasteiger partial charge in [-0.05, 0) is 49.1 Å². The predicted octanol–water partition coefficient (Wildman–Crippen LogP) is 4.01. The van der Waals surface area contributed by atoms with Gasteiger partial charge in [0, 0.05) is 26.2 Å². The second kappa shape index (κ2) is 12.3. The van der Waals surface area contributed by atoms with Gasteiger partial charge >= 0.3 is 0 Å². The van der Waals surface area contributed by atoms with Gasteiger partial charge < -0.3 is 28.6 Å². The Kier molecular flexibility index (Phi) is 8.89. The molecule has 1 N–H and O–H groups in total. The van der Waals surface area contributed by atoms with E-state index in [1.165, 1.54) is 12.3 Å². The Hall–Kier alpha value is -3.30. The van der Waals surface area contributed by atoms with Crippen LogP contribution in [-0.4, -0.2) is 79.2 Å². The first-order valence-corrected chi connectivity index (χ1v) is 12.9. The van der Waals surface area contributed by atoms with Crippen molar-refractivity contribution in [1.29, 1.82) is 0 Å². The van der Waals surface area contributed by atoms with Gasteiger partial charge in [-0.15, -0.1) is 0 Å². The maximum atomic E-state index is 13.4. The first-order chi connectivity index (χ1) is 17.9. The molecule has 2 aliphatic heterocycles. The topological polar surface area (TPSA) is 102 Å². The Morgan fingerprint density at radius 1 is 1.14 bits per heavy atom. The van der Waals surface area contributed by atoms with E-state index in [4.69, 9.17) is 18.6 Å². The number of aliphatic hydroxyl groups excluding tert-OH is 1. The fourth-order valence-corrected chi connectivity index (χ4v) is 4.56. The molecular weight excluding hydrogens is 476 g/mol. The summed E-state index contributed by atoms with van der Waals surface area (Å²) in [4.78, 5) is 30.4. The molecule has 3 heterocycles. The fraction of sp³-hybridized carbons (Fsp3) is 0.500. The zero-order valence-corrected chi connectivity index (χ0v) is 21.8. The number of carbonyl (C=O) groups excluding carboxylic acids is 2. The van der Waals surface area contributed by atoms with Crippen LogP contribution in [0.15, 0.2) is 52.3 Å². The highest BCUT2D eigenvalue weighted by molar-refractivity contribution is 6.15. The highest BCUT2D eigenvalue weighted by Crippen LogP contribution is 2.41. The van der Waals surface area contributed by atoms with Gasteiger partial charge in [0.05, 0.1) is 44.3 Å². The lowest BCUT2D eigenvalue weighted by Gasteiger charge is -2.31. The average Bonchev–Trinajstić information content (AvgIpc) is 3.51. The Labute approximate surface area is 217 Å². The first-order valence-electron chi connectivity index (χ1n) is 12.9. The van der Waals surface area contributed by atoms with Crippen LogP contribution in [0.4, 0.5) is 0 Å². The number of nitrogens with zero attached hydrogens (tertiary/aromatic N) is 2. The summed E-state index contributed by atoms with van der Waals surface area (Å²) in [6.45, 7) is 10.9. The van der Waals surface area contributed by atoms with E-state index in [2.05, 4.69) is 18.7 Å². The SMILES string of the molecule is CCOc1cc(C2C(C(=O)c3ccco3)=C(O)C(=O)N2CCN2CCOCC2)ccc1OCCC(C)C. The number of furan rings is 1. The Balaban J connectivity index is 1.67. The number of morpholine rings is 1. The molecule has 1 aromatic carbocycles. The molecule has 1 unspecified atom stereocenters. The van der Waals surface area contributed by atoms with Crippen LogP contribution >= 0.6 is 0 Å². The molecule has 2 aromatic rings. The second-order valence-electron chi connectivity index (χ2n) is 9.59. The summed E-state index contributed by atoms with van der Waals surface area (Å²) in [5.74, 6) is 0.0377. The molecule has 1 aromatic heterocycles. The van der Waals surface area contributed by atoms with E-state index in [0.29, 0.717) is 62.5 Å². The van der Waals surface area contributed by atoms with Crippen molar-refractivity contribution in [2.24, 2.45) is 5.92 Å². The van der Waals surface area contributed by atoms with Gasteiger partial charge in [-0.2, -0.15) is 0 Å². The first kappa shape index (κ1) is 26.8. The number of benzene rings is 1. The van der Waals surface area contributed by atoms with Crippen molar-refractivity contribution in [3.05, 3.63) is 59.3 Å². The molecule has 200 valence electrons. The highest BCUT2D eigenvalue weighted by Gasteiger charge is 2.44. The van der Waals surface area contributed by atoms with Crippen molar-refractivity contribution in [3.8, 4) is 11.5 Å². The summed E-state index contributed by atoms with van der Waals surface area (Å²) in [5.41, 5.74) is 0.645. The number of ether oxygens (including phenoxy) is 3. The molecule has 0 spiro atoms. The minimum Gasteiger partial charge on any atom is -0.503 e. The van der Waals surface area contributed by atoms with E-state index in [1.54, 1.807) is 23.1 Å². The third kappa shape index (κ3) is 6.17. The molecule has 9 nitrogen and oxygen atoms in total. The molecule has 1 fully saturated rings. The molecule has 4 rings (SSSR count). The number of rotatable bonds is 12. The standard InChI is InChI=1S/C28H36N2O7/c1-4-35-23-18-20(7-8-21(23)37-15-9-19(2)3)25-24(26(31)22-6-5-14-36-22)27(32)28(33)30(25)11-10-29-12-16-34-17-13-29/h5-8,14,18-19,25,32H,4,9-13,15-17H2,1-3H3. The normalized spacial score (nSPS) is 18.6. The number of hydrogen-bond acceptors (Lipinski definition) is 8. The van der Waals surface area contributed by atoms with Gasteiger partial charge in [0.2, 0.25) is 5.78 Å². The quantitative estimate of drug-likeness (QED) is 0.426. The lowest BCUT2D eigenvalue weighted by atomic mass is 9.94. The molecule has 37 heavy (non-hydrogen) atoms. The molecule has 9 heteroatoms. The minimum atomic E-state index is -0.796. The lowest BCUT2D eigenvalue weighted by Crippen LogP contribution is -2.43. The molecule has 1 amide bonds. The minimum absolute atomic E-state index is 0.00199. The van der Waals surface area contributed by atoms with Crippen LogP contribution in [0.5, 0.6) is 11.5 Å². The molecule has 0 bridgehead atoms. The third-order valence-corrected chi connectivity index (χ3v) is 6.59. The Morgan fingerprint density at radius 3 is 2.59 bits per heavy atom. The molecule has 0 aliphatic carbocycles. The summed E-state index contributed by atoms with van der Waals surface area (Å²) < 4.78 is 22.6. The lowest BCUT2D eigenvalue weighted by molar-refractivity contribution is -0.129.